The van der Waals surface area contributed by atoms with Gasteiger partial charge in [0.25, 0.3) is 0 Å². The Morgan fingerprint density at radius 3 is 2.33 bits per heavy atom. The zero-order valence-corrected chi connectivity index (χ0v) is 14.2. The molecule has 0 radical (unpaired) electrons. The summed E-state index contributed by atoms with van der Waals surface area (Å²) in [4.78, 5) is 16.4. The molecule has 0 saturated heterocycles. The van der Waals surface area contributed by atoms with E-state index in [4.69, 9.17) is 4.74 Å². The van der Waals surface area contributed by atoms with E-state index < -0.39 is 5.41 Å². The van der Waals surface area contributed by atoms with Gasteiger partial charge in [-0.15, -0.1) is 0 Å². The predicted molar refractivity (Wildman–Crippen MR) is 87.6 cm³/mol. The number of carbonyl (C=O) groups excluding carboxylic acids is 1. The number of hydrogen-bond donors (Lipinski definition) is 3. The molecule has 0 heterocycles. The standard InChI is InChI=1S/C15H32N4O2/c1-6-16-13(20)15(4,5)12-19-14(17-7-2)18-10-9-11-21-8-3/h6-12H2,1-5H3,(H,16,20)(H2,17,18,19). The second kappa shape index (κ2) is 11.4. The zero-order chi connectivity index (χ0) is 16.1. The Balaban J connectivity index is 4.33. The molecule has 0 aromatic heterocycles. The van der Waals surface area contributed by atoms with Gasteiger partial charge in [-0.3, -0.25) is 9.79 Å². The van der Waals surface area contributed by atoms with E-state index in [9.17, 15) is 4.79 Å². The van der Waals surface area contributed by atoms with Crippen LogP contribution >= 0.6 is 0 Å². The van der Waals surface area contributed by atoms with Gasteiger partial charge in [0.05, 0.1) is 12.0 Å². The third-order valence-corrected chi connectivity index (χ3v) is 2.89. The topological polar surface area (TPSA) is 74.8 Å². The van der Waals surface area contributed by atoms with Crippen molar-refractivity contribution in [2.75, 3.05) is 39.4 Å². The molecule has 0 rings (SSSR count). The fourth-order valence-electron chi connectivity index (χ4n) is 1.62. The van der Waals surface area contributed by atoms with Crippen molar-refractivity contribution in [3.8, 4) is 0 Å². The quantitative estimate of drug-likeness (QED) is 0.321. The molecule has 0 aromatic rings. The van der Waals surface area contributed by atoms with Crippen molar-refractivity contribution in [2.45, 2.75) is 41.0 Å². The first-order valence-corrected chi connectivity index (χ1v) is 7.86. The monoisotopic (exact) mass is 300 g/mol. The summed E-state index contributed by atoms with van der Waals surface area (Å²) < 4.78 is 5.29. The Morgan fingerprint density at radius 1 is 1.10 bits per heavy atom. The zero-order valence-electron chi connectivity index (χ0n) is 14.2. The summed E-state index contributed by atoms with van der Waals surface area (Å²) in [5.74, 6) is 0.771. The van der Waals surface area contributed by atoms with Crippen molar-refractivity contribution in [2.24, 2.45) is 10.4 Å². The second-order valence-corrected chi connectivity index (χ2v) is 5.42. The third kappa shape index (κ3) is 9.28. The molecule has 0 spiro atoms. The number of ether oxygens (including phenoxy) is 1. The lowest BCUT2D eigenvalue weighted by Gasteiger charge is -2.22. The molecule has 0 aliphatic carbocycles. The van der Waals surface area contributed by atoms with E-state index in [2.05, 4.69) is 20.9 Å². The SMILES string of the molecule is CCNC(=O)C(C)(C)CN=C(NCC)NCCCOCC. The van der Waals surface area contributed by atoms with Crippen LogP contribution in [0.25, 0.3) is 0 Å². The van der Waals surface area contributed by atoms with E-state index in [1.807, 2.05) is 34.6 Å². The highest BCUT2D eigenvalue weighted by molar-refractivity contribution is 5.83. The Kier molecular flexibility index (Phi) is 10.7. The maximum atomic E-state index is 11.9. The van der Waals surface area contributed by atoms with Crippen molar-refractivity contribution in [1.82, 2.24) is 16.0 Å². The predicted octanol–water partition coefficient (Wildman–Crippen LogP) is 1.13. The highest BCUT2D eigenvalue weighted by Gasteiger charge is 2.26. The van der Waals surface area contributed by atoms with Crippen molar-refractivity contribution in [1.29, 1.82) is 0 Å². The first-order valence-electron chi connectivity index (χ1n) is 7.86. The first kappa shape index (κ1) is 19.7. The Labute approximate surface area is 129 Å². The van der Waals surface area contributed by atoms with Gasteiger partial charge in [-0.1, -0.05) is 0 Å². The Hall–Kier alpha value is -1.30. The summed E-state index contributed by atoms with van der Waals surface area (Å²) in [5, 5.41) is 9.28. The van der Waals surface area contributed by atoms with Crippen LogP contribution in [0.2, 0.25) is 0 Å². The molecule has 6 nitrogen and oxygen atoms in total. The number of nitrogens with zero attached hydrogens (tertiary/aromatic N) is 1. The molecule has 0 aliphatic rings. The van der Waals surface area contributed by atoms with Gasteiger partial charge in [-0.25, -0.2) is 0 Å². The Morgan fingerprint density at radius 2 is 1.76 bits per heavy atom. The molecule has 0 fully saturated rings. The molecule has 21 heavy (non-hydrogen) atoms. The summed E-state index contributed by atoms with van der Waals surface area (Å²) in [6.45, 7) is 13.9. The molecule has 0 bridgehead atoms. The molecule has 124 valence electrons. The van der Waals surface area contributed by atoms with E-state index >= 15 is 0 Å². The summed E-state index contributed by atoms with van der Waals surface area (Å²) >= 11 is 0. The molecule has 6 heteroatoms. The van der Waals surface area contributed by atoms with Crippen LogP contribution < -0.4 is 16.0 Å². The third-order valence-electron chi connectivity index (χ3n) is 2.89. The van der Waals surface area contributed by atoms with Crippen molar-refractivity contribution in [3.63, 3.8) is 0 Å². The van der Waals surface area contributed by atoms with Crippen LogP contribution in [0.15, 0.2) is 4.99 Å². The van der Waals surface area contributed by atoms with Gasteiger partial charge in [0.1, 0.15) is 0 Å². The number of guanidine groups is 1. The number of hydrogen-bond acceptors (Lipinski definition) is 3. The van der Waals surface area contributed by atoms with Crippen LogP contribution in [0, 0.1) is 5.41 Å². The van der Waals surface area contributed by atoms with E-state index in [1.165, 1.54) is 0 Å². The molecule has 1 amide bonds. The lowest BCUT2D eigenvalue weighted by molar-refractivity contribution is -0.128. The van der Waals surface area contributed by atoms with Gasteiger partial charge in [0, 0.05) is 32.8 Å². The normalized spacial score (nSPS) is 12.1. The van der Waals surface area contributed by atoms with Crippen LogP contribution in [0.1, 0.15) is 41.0 Å². The van der Waals surface area contributed by atoms with Gasteiger partial charge in [-0.05, 0) is 41.0 Å². The maximum absolute atomic E-state index is 11.9. The number of aliphatic imine (C=N–C) groups is 1. The van der Waals surface area contributed by atoms with Crippen LogP contribution in [0.4, 0.5) is 0 Å². The van der Waals surface area contributed by atoms with Crippen LogP contribution in [0.5, 0.6) is 0 Å². The number of rotatable bonds is 10. The van der Waals surface area contributed by atoms with Gasteiger partial charge in [-0.2, -0.15) is 0 Å². The minimum Gasteiger partial charge on any atom is -0.382 e. The average molecular weight is 300 g/mol. The molecule has 0 atom stereocenters. The largest absolute Gasteiger partial charge is 0.382 e. The highest BCUT2D eigenvalue weighted by Crippen LogP contribution is 2.15. The average Bonchev–Trinajstić information content (AvgIpc) is 2.44. The van der Waals surface area contributed by atoms with E-state index in [0.717, 1.165) is 38.7 Å². The molecule has 3 N–H and O–H groups in total. The van der Waals surface area contributed by atoms with Crippen LogP contribution in [-0.2, 0) is 9.53 Å². The van der Waals surface area contributed by atoms with Crippen molar-refractivity contribution >= 4 is 11.9 Å². The number of nitrogens with one attached hydrogen (secondary N) is 3. The lowest BCUT2D eigenvalue weighted by Crippen LogP contribution is -2.42. The minimum atomic E-state index is -0.510. The van der Waals surface area contributed by atoms with Gasteiger partial charge in [0.2, 0.25) is 5.91 Å². The lowest BCUT2D eigenvalue weighted by atomic mass is 9.92. The molecule has 0 saturated carbocycles. The van der Waals surface area contributed by atoms with E-state index in [-0.39, 0.29) is 5.91 Å². The minimum absolute atomic E-state index is 0.0287. The van der Waals surface area contributed by atoms with E-state index in [0.29, 0.717) is 13.1 Å². The smallest absolute Gasteiger partial charge is 0.227 e. The fraction of sp³-hybridized carbons (Fsp3) is 0.867. The van der Waals surface area contributed by atoms with Crippen LogP contribution in [-0.4, -0.2) is 51.3 Å². The van der Waals surface area contributed by atoms with Gasteiger partial charge in [0.15, 0.2) is 5.96 Å². The number of amides is 1. The molecular formula is C15H32N4O2. The number of carbonyl (C=O) groups is 1. The Bertz CT molecular complexity index is 317. The summed E-state index contributed by atoms with van der Waals surface area (Å²) in [6, 6.07) is 0. The van der Waals surface area contributed by atoms with Gasteiger partial charge >= 0.3 is 0 Å². The van der Waals surface area contributed by atoms with Crippen molar-refractivity contribution < 1.29 is 9.53 Å². The first-order chi connectivity index (χ1) is 9.97. The second-order valence-electron chi connectivity index (χ2n) is 5.42. The molecule has 0 unspecified atom stereocenters. The highest BCUT2D eigenvalue weighted by atomic mass is 16.5. The van der Waals surface area contributed by atoms with Gasteiger partial charge < -0.3 is 20.7 Å². The molecule has 0 aliphatic heterocycles. The van der Waals surface area contributed by atoms with Crippen LogP contribution in [0.3, 0.4) is 0 Å². The molecule has 0 aromatic carbocycles. The van der Waals surface area contributed by atoms with E-state index in [1.54, 1.807) is 0 Å². The summed E-state index contributed by atoms with van der Waals surface area (Å²) in [6.07, 6.45) is 0.929. The summed E-state index contributed by atoms with van der Waals surface area (Å²) in [7, 11) is 0. The fourth-order valence-corrected chi connectivity index (χ4v) is 1.62. The summed E-state index contributed by atoms with van der Waals surface area (Å²) in [5.41, 5.74) is -0.510. The maximum Gasteiger partial charge on any atom is 0.227 e. The molecular weight excluding hydrogens is 268 g/mol. The van der Waals surface area contributed by atoms with Crippen molar-refractivity contribution in [3.05, 3.63) is 0 Å².